The SMILES string of the molecule is CC(C)C(C)CNC(=O)c1ccnc(F)c1F. The maximum atomic E-state index is 13.2. The van der Waals surface area contributed by atoms with E-state index in [4.69, 9.17) is 0 Å². The highest BCUT2D eigenvalue weighted by molar-refractivity contribution is 5.94. The maximum Gasteiger partial charge on any atom is 0.254 e. The van der Waals surface area contributed by atoms with Crippen LogP contribution in [0.5, 0.6) is 0 Å². The number of carbonyl (C=O) groups excluding carboxylic acids is 1. The van der Waals surface area contributed by atoms with Crippen molar-refractivity contribution in [1.29, 1.82) is 0 Å². The number of aromatic nitrogens is 1. The number of amides is 1. The molecule has 1 amide bonds. The number of nitrogens with one attached hydrogen (secondary N) is 1. The van der Waals surface area contributed by atoms with E-state index >= 15 is 0 Å². The van der Waals surface area contributed by atoms with Gasteiger partial charge in [-0.3, -0.25) is 4.79 Å². The summed E-state index contributed by atoms with van der Waals surface area (Å²) in [6, 6.07) is 1.16. The second-order valence-electron chi connectivity index (χ2n) is 4.39. The molecule has 0 aromatic carbocycles. The number of carbonyl (C=O) groups is 1. The van der Waals surface area contributed by atoms with Gasteiger partial charge in [0.2, 0.25) is 5.95 Å². The van der Waals surface area contributed by atoms with E-state index in [2.05, 4.69) is 10.3 Å². The Morgan fingerprint density at radius 2 is 2.06 bits per heavy atom. The largest absolute Gasteiger partial charge is 0.352 e. The van der Waals surface area contributed by atoms with Crippen molar-refractivity contribution in [1.82, 2.24) is 10.3 Å². The fourth-order valence-corrected chi connectivity index (χ4v) is 1.18. The summed E-state index contributed by atoms with van der Waals surface area (Å²) < 4.78 is 26.0. The molecule has 0 saturated heterocycles. The molecule has 0 aliphatic carbocycles. The fraction of sp³-hybridized carbons (Fsp3) is 0.500. The Kier molecular flexibility index (Phi) is 4.54. The second kappa shape index (κ2) is 5.70. The summed E-state index contributed by atoms with van der Waals surface area (Å²) in [6.07, 6.45) is 1.07. The minimum atomic E-state index is -1.26. The van der Waals surface area contributed by atoms with Crippen molar-refractivity contribution in [3.8, 4) is 0 Å². The molecule has 1 aromatic rings. The standard InChI is InChI=1S/C12H16F2N2O/c1-7(2)8(3)6-16-12(17)9-4-5-15-11(14)10(9)13/h4-5,7-8H,6H2,1-3H3,(H,16,17). The third-order valence-electron chi connectivity index (χ3n) is 2.81. The van der Waals surface area contributed by atoms with E-state index in [1.807, 2.05) is 20.8 Å². The second-order valence-corrected chi connectivity index (χ2v) is 4.39. The minimum Gasteiger partial charge on any atom is -0.352 e. The number of rotatable bonds is 4. The maximum absolute atomic E-state index is 13.2. The molecule has 1 N–H and O–H groups in total. The van der Waals surface area contributed by atoms with E-state index in [1.54, 1.807) is 0 Å². The van der Waals surface area contributed by atoms with Crippen molar-refractivity contribution in [2.24, 2.45) is 11.8 Å². The van der Waals surface area contributed by atoms with Gasteiger partial charge >= 0.3 is 0 Å². The van der Waals surface area contributed by atoms with Crippen molar-refractivity contribution < 1.29 is 13.6 Å². The lowest BCUT2D eigenvalue weighted by Gasteiger charge is -2.16. The Hall–Kier alpha value is -1.52. The summed E-state index contributed by atoms with van der Waals surface area (Å²) in [5.41, 5.74) is -0.312. The van der Waals surface area contributed by atoms with Gasteiger partial charge < -0.3 is 5.32 Å². The minimum absolute atomic E-state index is 0.272. The van der Waals surface area contributed by atoms with Gasteiger partial charge in [0.15, 0.2) is 5.82 Å². The number of hydrogen-bond acceptors (Lipinski definition) is 2. The highest BCUT2D eigenvalue weighted by Crippen LogP contribution is 2.10. The Balaban J connectivity index is 2.68. The van der Waals surface area contributed by atoms with Crippen LogP contribution in [-0.4, -0.2) is 17.4 Å². The van der Waals surface area contributed by atoms with Gasteiger partial charge in [-0.2, -0.15) is 4.39 Å². The van der Waals surface area contributed by atoms with Crippen molar-refractivity contribution in [3.63, 3.8) is 0 Å². The molecule has 94 valence electrons. The third kappa shape index (κ3) is 3.47. The van der Waals surface area contributed by atoms with Crippen molar-refractivity contribution in [3.05, 3.63) is 29.6 Å². The molecule has 1 atom stereocenters. The molecule has 3 nitrogen and oxygen atoms in total. The topological polar surface area (TPSA) is 42.0 Å². The molecule has 0 saturated carbocycles. The first kappa shape index (κ1) is 13.5. The fourth-order valence-electron chi connectivity index (χ4n) is 1.18. The van der Waals surface area contributed by atoms with Gasteiger partial charge in [0, 0.05) is 12.7 Å². The number of hydrogen-bond donors (Lipinski definition) is 1. The van der Waals surface area contributed by atoms with Crippen LogP contribution in [0.25, 0.3) is 0 Å². The quantitative estimate of drug-likeness (QED) is 0.824. The lowest BCUT2D eigenvalue weighted by atomic mass is 9.98. The van der Waals surface area contributed by atoms with Crippen LogP contribution in [0.2, 0.25) is 0 Å². The van der Waals surface area contributed by atoms with Crippen LogP contribution in [0.1, 0.15) is 31.1 Å². The lowest BCUT2D eigenvalue weighted by Crippen LogP contribution is -2.31. The van der Waals surface area contributed by atoms with Gasteiger partial charge in [0.05, 0.1) is 5.56 Å². The van der Waals surface area contributed by atoms with Crippen LogP contribution < -0.4 is 5.32 Å². The number of halogens is 2. The highest BCUT2D eigenvalue weighted by Gasteiger charge is 2.17. The average Bonchev–Trinajstić information content (AvgIpc) is 2.29. The van der Waals surface area contributed by atoms with Crippen LogP contribution in [0.15, 0.2) is 12.3 Å². The summed E-state index contributed by atoms with van der Waals surface area (Å²) in [5, 5.41) is 2.57. The average molecular weight is 242 g/mol. The van der Waals surface area contributed by atoms with Crippen molar-refractivity contribution >= 4 is 5.91 Å². The van der Waals surface area contributed by atoms with Gasteiger partial charge in [-0.15, -0.1) is 0 Å². The first-order valence-electron chi connectivity index (χ1n) is 5.51. The monoisotopic (exact) mass is 242 g/mol. The zero-order chi connectivity index (χ0) is 13.0. The Morgan fingerprint density at radius 1 is 1.41 bits per heavy atom. The molecule has 0 radical (unpaired) electrons. The summed E-state index contributed by atoms with van der Waals surface area (Å²) >= 11 is 0. The summed E-state index contributed by atoms with van der Waals surface area (Å²) in [7, 11) is 0. The third-order valence-corrected chi connectivity index (χ3v) is 2.81. The molecule has 1 rings (SSSR count). The molecule has 1 unspecified atom stereocenters. The molecular weight excluding hydrogens is 226 g/mol. The van der Waals surface area contributed by atoms with Crippen LogP contribution in [0.3, 0.4) is 0 Å². The molecule has 1 heterocycles. The predicted molar refractivity (Wildman–Crippen MR) is 60.5 cm³/mol. The van der Waals surface area contributed by atoms with E-state index in [1.165, 1.54) is 0 Å². The number of pyridine rings is 1. The van der Waals surface area contributed by atoms with Crippen LogP contribution >= 0.6 is 0 Å². The first-order valence-corrected chi connectivity index (χ1v) is 5.51. The molecule has 0 aliphatic rings. The van der Waals surface area contributed by atoms with Gasteiger partial charge in [-0.05, 0) is 17.9 Å². The molecule has 5 heteroatoms. The summed E-state index contributed by atoms with van der Waals surface area (Å²) in [6.45, 7) is 6.47. The Morgan fingerprint density at radius 3 is 2.65 bits per heavy atom. The number of nitrogens with zero attached hydrogens (tertiary/aromatic N) is 1. The van der Waals surface area contributed by atoms with Crippen molar-refractivity contribution in [2.45, 2.75) is 20.8 Å². The molecule has 0 aliphatic heterocycles. The molecule has 0 spiro atoms. The van der Waals surface area contributed by atoms with Crippen molar-refractivity contribution in [2.75, 3.05) is 6.54 Å². The van der Waals surface area contributed by atoms with E-state index in [0.717, 1.165) is 12.3 Å². The van der Waals surface area contributed by atoms with Gasteiger partial charge in [0.1, 0.15) is 0 Å². The molecule has 0 fully saturated rings. The zero-order valence-corrected chi connectivity index (χ0v) is 10.1. The van der Waals surface area contributed by atoms with E-state index < -0.39 is 17.7 Å². The van der Waals surface area contributed by atoms with Crippen LogP contribution in [0, 0.1) is 23.6 Å². The summed E-state index contributed by atoms with van der Waals surface area (Å²) in [4.78, 5) is 14.7. The first-order chi connectivity index (χ1) is 7.93. The van der Waals surface area contributed by atoms with E-state index in [-0.39, 0.29) is 11.5 Å². The predicted octanol–water partition coefficient (Wildman–Crippen LogP) is 2.38. The molecule has 0 bridgehead atoms. The molecule has 17 heavy (non-hydrogen) atoms. The smallest absolute Gasteiger partial charge is 0.254 e. The summed E-state index contributed by atoms with van der Waals surface area (Å²) in [5.74, 6) is -2.39. The van der Waals surface area contributed by atoms with Crippen LogP contribution in [0.4, 0.5) is 8.78 Å². The van der Waals surface area contributed by atoms with Gasteiger partial charge in [-0.1, -0.05) is 20.8 Å². The normalized spacial score (nSPS) is 12.6. The molecular formula is C12H16F2N2O. The highest BCUT2D eigenvalue weighted by atomic mass is 19.2. The van der Waals surface area contributed by atoms with E-state index in [9.17, 15) is 13.6 Å². The van der Waals surface area contributed by atoms with Crippen LogP contribution in [-0.2, 0) is 0 Å². The van der Waals surface area contributed by atoms with E-state index in [0.29, 0.717) is 12.5 Å². The van der Waals surface area contributed by atoms with Gasteiger partial charge in [-0.25, -0.2) is 9.37 Å². The zero-order valence-electron chi connectivity index (χ0n) is 10.1. The lowest BCUT2D eigenvalue weighted by molar-refractivity contribution is 0.0939. The molecule has 1 aromatic heterocycles. The van der Waals surface area contributed by atoms with Gasteiger partial charge in [0.25, 0.3) is 5.91 Å². The Labute approximate surface area is 99.2 Å². The Bertz CT molecular complexity index is 407.